The summed E-state index contributed by atoms with van der Waals surface area (Å²) >= 11 is 0. The minimum Gasteiger partial charge on any atom is -0.474 e. The number of hydrogen-bond donors (Lipinski definition) is 2. The first kappa shape index (κ1) is 28.7. The Labute approximate surface area is 229 Å². The molecule has 11 heteroatoms. The second-order valence-electron chi connectivity index (χ2n) is 11.2. The molecule has 1 aliphatic heterocycles. The van der Waals surface area contributed by atoms with E-state index >= 15 is 0 Å². The van der Waals surface area contributed by atoms with Crippen LogP contribution >= 0.6 is 0 Å². The molecule has 0 spiro atoms. The molecule has 4 rings (SSSR count). The van der Waals surface area contributed by atoms with Crippen LogP contribution < -0.4 is 15.8 Å². The first-order chi connectivity index (χ1) is 18.1. The van der Waals surface area contributed by atoms with Crippen LogP contribution in [0.2, 0.25) is 0 Å². The van der Waals surface area contributed by atoms with Gasteiger partial charge in [-0.25, -0.2) is 28.2 Å². The fraction of sp³-hybridized carbons (Fsp3) is 0.500. The number of ether oxygens (including phenoxy) is 2. The van der Waals surface area contributed by atoms with Gasteiger partial charge >= 0.3 is 5.97 Å². The number of rotatable bonds is 9. The zero-order valence-corrected chi connectivity index (χ0v) is 24.3. The van der Waals surface area contributed by atoms with Crippen LogP contribution in [0.1, 0.15) is 81.9 Å². The predicted octanol–water partition coefficient (Wildman–Crippen LogP) is 4.61. The lowest BCUT2D eigenvalue weighted by molar-refractivity contribution is -0.0189. The van der Waals surface area contributed by atoms with Gasteiger partial charge in [0.15, 0.2) is 0 Å². The van der Waals surface area contributed by atoms with Crippen molar-refractivity contribution >= 4 is 38.2 Å². The van der Waals surface area contributed by atoms with Crippen LogP contribution in [0.5, 0.6) is 5.88 Å². The molecule has 0 saturated carbocycles. The summed E-state index contributed by atoms with van der Waals surface area (Å²) in [6.45, 7) is 11.5. The van der Waals surface area contributed by atoms with Crippen molar-refractivity contribution in [1.29, 1.82) is 0 Å². The summed E-state index contributed by atoms with van der Waals surface area (Å²) in [5.74, 6) is 0.992. The lowest BCUT2D eigenvalue weighted by atomic mass is 9.84. The third-order valence-corrected chi connectivity index (χ3v) is 8.48. The number of carbonyl (C=O) groups is 1. The van der Waals surface area contributed by atoms with Gasteiger partial charge < -0.3 is 20.5 Å². The van der Waals surface area contributed by atoms with E-state index in [1.54, 1.807) is 24.5 Å². The molecular formula is C28H37N5O5S. The number of anilines is 2. The lowest BCUT2D eigenvalue weighted by Crippen LogP contribution is -2.39. The van der Waals surface area contributed by atoms with Crippen LogP contribution in [0.3, 0.4) is 0 Å². The zero-order valence-electron chi connectivity index (χ0n) is 23.5. The topological polar surface area (TPSA) is 146 Å². The molecule has 3 aromatic rings. The molecule has 0 aromatic carbocycles. The van der Waals surface area contributed by atoms with Crippen LogP contribution in [0.25, 0.3) is 10.8 Å². The zero-order chi connectivity index (χ0) is 28.8. The number of nitrogens with two attached hydrogens (primary N) is 1. The molecule has 1 unspecified atom stereocenters. The molecule has 0 radical (unpaired) electrons. The van der Waals surface area contributed by atoms with Gasteiger partial charge in [0.1, 0.15) is 27.1 Å². The standard InChI is InChI=1S/C28H37N5O5S/c1-8-28(6,29)21-15-31-25(37-16(2)11-12-39(7,35)36)20-14-30-23(13-19(20)21)32-22-10-9-18-24(33-22)17(3)27(4,5)38-26(18)34/h9-10,13-17H,8,11-12,29H2,1-7H3,(H,30,32,33)/t16-,17+,28?/m0/s1. The number of sulfone groups is 1. The molecular weight excluding hydrogens is 518 g/mol. The van der Waals surface area contributed by atoms with E-state index < -0.39 is 21.0 Å². The molecule has 1 aliphatic rings. The first-order valence-electron chi connectivity index (χ1n) is 13.0. The number of fused-ring (bicyclic) bond motifs is 2. The molecule has 0 amide bonds. The molecule has 0 aliphatic carbocycles. The van der Waals surface area contributed by atoms with Crippen LogP contribution in [-0.2, 0) is 20.1 Å². The third-order valence-electron chi connectivity index (χ3n) is 7.50. The predicted molar refractivity (Wildman–Crippen MR) is 151 cm³/mol. The average Bonchev–Trinajstić information content (AvgIpc) is 2.85. The summed E-state index contributed by atoms with van der Waals surface area (Å²) in [5, 5.41) is 4.75. The summed E-state index contributed by atoms with van der Waals surface area (Å²) in [4.78, 5) is 26.3. The number of esters is 1. The second kappa shape index (κ2) is 10.3. The van der Waals surface area contributed by atoms with Gasteiger partial charge in [-0.2, -0.15) is 0 Å². The van der Waals surface area contributed by atoms with Crippen molar-refractivity contribution in [3.05, 3.63) is 47.4 Å². The number of carbonyl (C=O) groups excluding carboxylic acids is 1. The smallest absolute Gasteiger partial charge is 0.340 e. The number of nitrogens with one attached hydrogen (secondary N) is 1. The van der Waals surface area contributed by atoms with E-state index in [1.807, 2.05) is 47.6 Å². The van der Waals surface area contributed by atoms with Gasteiger partial charge in [0.2, 0.25) is 5.88 Å². The molecule has 39 heavy (non-hydrogen) atoms. The first-order valence-corrected chi connectivity index (χ1v) is 15.1. The van der Waals surface area contributed by atoms with E-state index in [9.17, 15) is 13.2 Å². The quantitative estimate of drug-likeness (QED) is 0.359. The lowest BCUT2D eigenvalue weighted by Gasteiger charge is -2.36. The van der Waals surface area contributed by atoms with Crippen LogP contribution in [0.4, 0.5) is 11.6 Å². The Hall–Kier alpha value is -3.31. The van der Waals surface area contributed by atoms with E-state index in [-0.39, 0.29) is 23.7 Å². The molecule has 0 bridgehead atoms. The molecule has 0 saturated heterocycles. The minimum absolute atomic E-state index is 0.0223. The van der Waals surface area contributed by atoms with E-state index in [0.29, 0.717) is 47.0 Å². The van der Waals surface area contributed by atoms with Crippen molar-refractivity contribution in [3.63, 3.8) is 0 Å². The Morgan fingerprint density at radius 2 is 1.92 bits per heavy atom. The number of hydrogen-bond acceptors (Lipinski definition) is 10. The van der Waals surface area contributed by atoms with Gasteiger partial charge in [0.25, 0.3) is 0 Å². The Morgan fingerprint density at radius 3 is 2.59 bits per heavy atom. The monoisotopic (exact) mass is 555 g/mol. The van der Waals surface area contributed by atoms with Crippen molar-refractivity contribution in [2.45, 2.75) is 77.5 Å². The number of nitrogens with zero attached hydrogens (tertiary/aromatic N) is 3. The highest BCUT2D eigenvalue weighted by atomic mass is 32.2. The summed E-state index contributed by atoms with van der Waals surface area (Å²) in [7, 11) is -3.11. The van der Waals surface area contributed by atoms with Gasteiger partial charge in [-0.15, -0.1) is 0 Å². The highest BCUT2D eigenvalue weighted by Crippen LogP contribution is 2.38. The van der Waals surface area contributed by atoms with E-state index in [1.165, 1.54) is 6.26 Å². The maximum atomic E-state index is 12.5. The summed E-state index contributed by atoms with van der Waals surface area (Å²) in [6, 6.07) is 5.32. The largest absolute Gasteiger partial charge is 0.474 e. The minimum atomic E-state index is -3.11. The van der Waals surface area contributed by atoms with Crippen molar-refractivity contribution < 1.29 is 22.7 Å². The number of cyclic esters (lactones) is 1. The molecule has 4 heterocycles. The summed E-state index contributed by atoms with van der Waals surface area (Å²) in [5.41, 5.74) is 7.28. The third kappa shape index (κ3) is 6.14. The van der Waals surface area contributed by atoms with E-state index in [4.69, 9.17) is 20.2 Å². The van der Waals surface area contributed by atoms with Crippen LogP contribution in [0.15, 0.2) is 30.6 Å². The molecule has 3 aromatic heterocycles. The van der Waals surface area contributed by atoms with Crippen molar-refractivity contribution in [2.24, 2.45) is 5.73 Å². The van der Waals surface area contributed by atoms with Gasteiger partial charge in [0, 0.05) is 30.1 Å². The normalized spacial score (nSPS) is 19.1. The van der Waals surface area contributed by atoms with E-state index in [0.717, 1.165) is 10.9 Å². The fourth-order valence-electron chi connectivity index (χ4n) is 4.44. The molecule has 3 atom stereocenters. The SMILES string of the molecule is CCC(C)(N)c1cnc(O[C@@H](C)CCS(C)(=O)=O)c2cnc(Nc3ccc4c(n3)[C@@H](C)C(C)(C)OC4=O)cc12. The van der Waals surface area contributed by atoms with Gasteiger partial charge in [-0.1, -0.05) is 13.8 Å². The summed E-state index contributed by atoms with van der Waals surface area (Å²) in [6.07, 6.45) is 5.23. The highest BCUT2D eigenvalue weighted by Gasteiger charge is 2.40. The van der Waals surface area contributed by atoms with Crippen molar-refractivity contribution in [2.75, 3.05) is 17.3 Å². The van der Waals surface area contributed by atoms with E-state index in [2.05, 4.69) is 15.3 Å². The summed E-state index contributed by atoms with van der Waals surface area (Å²) < 4.78 is 34.8. The number of pyridine rings is 3. The van der Waals surface area contributed by atoms with Gasteiger partial charge in [-0.3, -0.25) is 0 Å². The highest BCUT2D eigenvalue weighted by molar-refractivity contribution is 7.90. The Kier molecular flexibility index (Phi) is 7.61. The Morgan fingerprint density at radius 1 is 1.21 bits per heavy atom. The molecule has 0 fully saturated rings. The maximum absolute atomic E-state index is 12.5. The fourth-order valence-corrected chi connectivity index (χ4v) is 5.20. The maximum Gasteiger partial charge on any atom is 0.340 e. The van der Waals surface area contributed by atoms with Crippen LogP contribution in [0, 0.1) is 0 Å². The molecule has 10 nitrogen and oxygen atoms in total. The Bertz CT molecular complexity index is 1520. The van der Waals surface area contributed by atoms with Gasteiger partial charge in [0.05, 0.1) is 28.5 Å². The average molecular weight is 556 g/mol. The number of aromatic nitrogens is 3. The van der Waals surface area contributed by atoms with Crippen LogP contribution in [-0.4, -0.2) is 53.1 Å². The molecule has 210 valence electrons. The van der Waals surface area contributed by atoms with Crippen molar-refractivity contribution in [3.8, 4) is 5.88 Å². The van der Waals surface area contributed by atoms with Crippen molar-refractivity contribution in [1.82, 2.24) is 15.0 Å². The molecule has 3 N–H and O–H groups in total. The second-order valence-corrected chi connectivity index (χ2v) is 13.4. The Balaban J connectivity index is 1.71. The van der Waals surface area contributed by atoms with Gasteiger partial charge in [-0.05, 0) is 69.7 Å².